The van der Waals surface area contributed by atoms with E-state index in [4.69, 9.17) is 12.2 Å². The Hall–Kier alpha value is -2.73. The van der Waals surface area contributed by atoms with Crippen molar-refractivity contribution in [2.75, 3.05) is 5.32 Å². The van der Waals surface area contributed by atoms with Gasteiger partial charge >= 0.3 is 5.82 Å². The summed E-state index contributed by atoms with van der Waals surface area (Å²) in [6.45, 7) is 6.05. The lowest BCUT2D eigenvalue weighted by atomic mass is 10.4. The van der Waals surface area contributed by atoms with Crippen LogP contribution in [-0.2, 0) is 17.9 Å². The first-order valence-electron chi connectivity index (χ1n) is 7.39. The lowest BCUT2D eigenvalue weighted by molar-refractivity contribution is -0.389. The Kier molecular flexibility index (Phi) is 7.46. The number of aromatic nitrogens is 4. The van der Waals surface area contributed by atoms with Crippen molar-refractivity contribution in [2.45, 2.75) is 33.9 Å². The fourth-order valence-electron chi connectivity index (χ4n) is 2.09. The molecular weight excluding hydrogens is 384 g/mol. The highest BCUT2D eigenvalue weighted by molar-refractivity contribution is 7.80. The van der Waals surface area contributed by atoms with Gasteiger partial charge in [0.15, 0.2) is 5.11 Å². The van der Waals surface area contributed by atoms with Crippen LogP contribution in [0.25, 0.3) is 0 Å². The van der Waals surface area contributed by atoms with Crippen LogP contribution in [0.1, 0.15) is 18.3 Å². The van der Waals surface area contributed by atoms with Crippen molar-refractivity contribution in [3.05, 3.63) is 33.8 Å². The molecule has 0 aliphatic rings. The largest absolute Gasteiger partial charge is 0.390 e. The van der Waals surface area contributed by atoms with Crippen molar-refractivity contribution < 1.29 is 9.72 Å². The minimum Gasteiger partial charge on any atom is -0.358 e. The van der Waals surface area contributed by atoms with E-state index >= 15 is 0 Å². The van der Waals surface area contributed by atoms with Crippen LogP contribution >= 0.6 is 24.6 Å². The maximum Gasteiger partial charge on any atom is 0.390 e. The van der Waals surface area contributed by atoms with Crippen molar-refractivity contribution in [3.8, 4) is 0 Å². The summed E-state index contributed by atoms with van der Waals surface area (Å²) in [6, 6.07) is 1.29. The number of hydrazine groups is 1. The Morgan fingerprint density at radius 3 is 2.58 bits per heavy atom. The van der Waals surface area contributed by atoms with Crippen molar-refractivity contribution in [2.24, 2.45) is 0 Å². The van der Waals surface area contributed by atoms with Gasteiger partial charge in [-0.2, -0.15) is 9.78 Å². The third kappa shape index (κ3) is 5.13. The third-order valence-corrected chi connectivity index (χ3v) is 3.62. The van der Waals surface area contributed by atoms with Gasteiger partial charge in [0.2, 0.25) is 0 Å². The monoisotopic (exact) mass is 402 g/mol. The number of carbonyl (C=O) groups excluding carboxylic acids is 1. The van der Waals surface area contributed by atoms with Gasteiger partial charge < -0.3 is 15.4 Å². The molecule has 2 heterocycles. The molecule has 0 aliphatic heterocycles. The molecule has 0 aromatic carbocycles. The summed E-state index contributed by atoms with van der Waals surface area (Å²) < 4.78 is 3.04. The molecule has 26 heavy (non-hydrogen) atoms. The Morgan fingerprint density at radius 2 is 2.04 bits per heavy atom. The van der Waals surface area contributed by atoms with Gasteiger partial charge in [0, 0.05) is 6.54 Å². The van der Waals surface area contributed by atoms with E-state index in [0.29, 0.717) is 5.69 Å². The van der Waals surface area contributed by atoms with Gasteiger partial charge in [-0.15, -0.1) is 12.4 Å². The van der Waals surface area contributed by atoms with Crippen molar-refractivity contribution in [3.63, 3.8) is 0 Å². The van der Waals surface area contributed by atoms with Crippen LogP contribution in [0.4, 0.5) is 11.5 Å². The number of rotatable bonds is 5. The van der Waals surface area contributed by atoms with Gasteiger partial charge in [-0.05, 0) is 37.9 Å². The van der Waals surface area contributed by atoms with Gasteiger partial charge in [-0.25, -0.2) is 0 Å². The van der Waals surface area contributed by atoms with Gasteiger partial charge in [0.25, 0.3) is 5.91 Å². The number of aryl methyl sites for hydroxylation is 2. The van der Waals surface area contributed by atoms with Gasteiger partial charge in [-0.1, -0.05) is 0 Å². The fourth-order valence-corrected chi connectivity index (χ4v) is 2.25. The standard InChI is InChI=1S/C13H18N8O3S.ClH/c1-4-19-9(3)10(6-14-19)15-13(25)17-16-12(22)7-20-8(2)5-11(18-20)21(23)24;/h5-6H,4,7H2,1-3H3,(H,16,22)(H2,15,17,25);1H. The first kappa shape index (κ1) is 21.3. The van der Waals surface area contributed by atoms with Crippen LogP contribution in [0.5, 0.6) is 0 Å². The van der Waals surface area contributed by atoms with Crippen LogP contribution in [-0.4, -0.2) is 35.5 Å². The second-order valence-corrected chi connectivity index (χ2v) is 5.55. The van der Waals surface area contributed by atoms with Crippen molar-refractivity contribution >= 4 is 47.1 Å². The molecule has 0 saturated carbocycles. The van der Waals surface area contributed by atoms with E-state index in [1.54, 1.807) is 17.8 Å². The summed E-state index contributed by atoms with van der Waals surface area (Å²) in [5, 5.41) is 21.7. The van der Waals surface area contributed by atoms with E-state index in [1.165, 1.54) is 10.7 Å². The smallest absolute Gasteiger partial charge is 0.358 e. The second kappa shape index (κ2) is 9.10. The number of nitro groups is 1. The number of thiocarbonyl (C=S) groups is 1. The summed E-state index contributed by atoms with van der Waals surface area (Å²) in [4.78, 5) is 22.0. The Morgan fingerprint density at radius 1 is 1.35 bits per heavy atom. The molecule has 2 aromatic heterocycles. The number of halogens is 1. The molecule has 0 spiro atoms. The average molecular weight is 403 g/mol. The molecule has 3 N–H and O–H groups in total. The van der Waals surface area contributed by atoms with Crippen LogP contribution < -0.4 is 16.2 Å². The maximum absolute atomic E-state index is 11.9. The van der Waals surface area contributed by atoms with Crippen LogP contribution in [0.2, 0.25) is 0 Å². The highest BCUT2D eigenvalue weighted by Gasteiger charge is 2.17. The predicted molar refractivity (Wildman–Crippen MR) is 101 cm³/mol. The van der Waals surface area contributed by atoms with Gasteiger partial charge in [-0.3, -0.25) is 20.3 Å². The molecule has 0 atom stereocenters. The molecule has 0 saturated heterocycles. The Bertz CT molecular complexity index is 818. The number of nitrogens with zero attached hydrogens (tertiary/aromatic N) is 5. The Balaban J connectivity index is 0.00000338. The normalized spacial score (nSPS) is 9.96. The predicted octanol–water partition coefficient (Wildman–Crippen LogP) is 1.06. The molecule has 1 amide bonds. The van der Waals surface area contributed by atoms with E-state index < -0.39 is 10.8 Å². The number of carbonyl (C=O) groups is 1. The molecule has 2 aromatic rings. The number of hydrogen-bond acceptors (Lipinski definition) is 6. The minimum absolute atomic E-state index is 0. The number of hydrogen-bond donors (Lipinski definition) is 3. The molecule has 2 rings (SSSR count). The summed E-state index contributed by atoms with van der Waals surface area (Å²) in [5.41, 5.74) is 7.12. The zero-order chi connectivity index (χ0) is 18.6. The average Bonchev–Trinajstić information content (AvgIpc) is 3.09. The number of anilines is 1. The fraction of sp³-hybridized carbons (Fsp3) is 0.385. The zero-order valence-corrected chi connectivity index (χ0v) is 16.0. The lowest BCUT2D eigenvalue weighted by Gasteiger charge is -2.11. The molecule has 0 bridgehead atoms. The van der Waals surface area contributed by atoms with Crippen molar-refractivity contribution in [1.29, 1.82) is 0 Å². The third-order valence-electron chi connectivity index (χ3n) is 3.42. The minimum atomic E-state index is -0.614. The topological polar surface area (TPSA) is 132 Å². The van der Waals surface area contributed by atoms with Gasteiger partial charge in [0.1, 0.15) is 6.54 Å². The van der Waals surface area contributed by atoms with Crippen molar-refractivity contribution in [1.82, 2.24) is 30.4 Å². The van der Waals surface area contributed by atoms with Crippen LogP contribution in [0.3, 0.4) is 0 Å². The van der Waals surface area contributed by atoms with E-state index in [2.05, 4.69) is 26.4 Å². The highest BCUT2D eigenvalue weighted by atomic mass is 35.5. The zero-order valence-electron chi connectivity index (χ0n) is 14.3. The molecule has 0 fully saturated rings. The first-order chi connectivity index (χ1) is 11.8. The molecule has 0 unspecified atom stereocenters. The molecule has 11 nitrogen and oxygen atoms in total. The number of nitrogens with one attached hydrogen (secondary N) is 3. The molecule has 13 heteroatoms. The quantitative estimate of drug-likeness (QED) is 0.384. The van der Waals surface area contributed by atoms with Crippen LogP contribution in [0.15, 0.2) is 12.3 Å². The maximum atomic E-state index is 11.9. The van der Waals surface area contributed by atoms with E-state index in [-0.39, 0.29) is 29.9 Å². The first-order valence-corrected chi connectivity index (χ1v) is 7.79. The van der Waals surface area contributed by atoms with Gasteiger partial charge in [0.05, 0.1) is 34.4 Å². The molecule has 0 aliphatic carbocycles. The molecule has 0 radical (unpaired) electrons. The molecular formula is C13H19ClN8O3S. The van der Waals surface area contributed by atoms with E-state index in [1.807, 2.05) is 13.8 Å². The molecule has 142 valence electrons. The SMILES string of the molecule is CCn1ncc(NC(=S)NNC(=O)Cn2nc([N+](=O)[O-])cc2C)c1C.Cl. The van der Waals surface area contributed by atoms with E-state index in [0.717, 1.165) is 17.9 Å². The summed E-state index contributed by atoms with van der Waals surface area (Å²) in [6.07, 6.45) is 1.64. The highest BCUT2D eigenvalue weighted by Crippen LogP contribution is 2.13. The summed E-state index contributed by atoms with van der Waals surface area (Å²) in [7, 11) is 0. The summed E-state index contributed by atoms with van der Waals surface area (Å²) in [5.74, 6) is -0.759. The Labute approximate surface area is 160 Å². The summed E-state index contributed by atoms with van der Waals surface area (Å²) >= 11 is 5.10. The lowest BCUT2D eigenvalue weighted by Crippen LogP contribution is -2.45. The second-order valence-electron chi connectivity index (χ2n) is 5.15. The van der Waals surface area contributed by atoms with E-state index in [9.17, 15) is 14.9 Å². The van der Waals surface area contributed by atoms with Crippen LogP contribution in [0, 0.1) is 24.0 Å². The number of amides is 1.